The molecule has 0 saturated heterocycles. The van der Waals surface area contributed by atoms with Crippen molar-refractivity contribution in [2.75, 3.05) is 0 Å². The summed E-state index contributed by atoms with van der Waals surface area (Å²) in [7, 11) is 4.31. The van der Waals surface area contributed by atoms with Crippen LogP contribution in [0.25, 0.3) is 93.8 Å². The van der Waals surface area contributed by atoms with Gasteiger partial charge in [-0.15, -0.1) is 45.3 Å². The number of thiophene rings is 4. The Labute approximate surface area is 294 Å². The summed E-state index contributed by atoms with van der Waals surface area (Å²) in [5.74, 6) is 0. The number of hydrogen-bond donors (Lipinski definition) is 0. The van der Waals surface area contributed by atoms with Crippen LogP contribution in [-0.4, -0.2) is 9.13 Å². The number of benzene rings is 4. The second-order valence-electron chi connectivity index (χ2n) is 12.3. The molecular formula is C42H28N2S4. The van der Waals surface area contributed by atoms with Crippen molar-refractivity contribution in [2.24, 2.45) is 14.1 Å². The Morgan fingerprint density at radius 3 is 1.02 bits per heavy atom. The molecule has 6 heteroatoms. The number of para-hydroxylation sites is 2. The van der Waals surface area contributed by atoms with Crippen LogP contribution >= 0.6 is 45.3 Å². The highest BCUT2D eigenvalue weighted by atomic mass is 32.1. The first-order valence-electron chi connectivity index (χ1n) is 15.9. The van der Waals surface area contributed by atoms with E-state index < -0.39 is 0 Å². The van der Waals surface area contributed by atoms with Crippen molar-refractivity contribution >= 4 is 89.0 Å². The fraction of sp³-hybridized carbons (Fsp3) is 0.0476. The predicted octanol–water partition coefficient (Wildman–Crippen LogP) is 13.6. The van der Waals surface area contributed by atoms with Gasteiger partial charge in [0.05, 0.1) is 0 Å². The first-order valence-corrected chi connectivity index (χ1v) is 19.2. The molecule has 0 fully saturated rings. The molecule has 48 heavy (non-hydrogen) atoms. The Morgan fingerprint density at radius 2 is 0.625 bits per heavy atom. The van der Waals surface area contributed by atoms with Gasteiger partial charge >= 0.3 is 0 Å². The van der Waals surface area contributed by atoms with Gasteiger partial charge in [0.15, 0.2) is 0 Å². The highest BCUT2D eigenvalue weighted by Crippen LogP contribution is 2.45. The fourth-order valence-electron chi connectivity index (χ4n) is 7.10. The first-order chi connectivity index (χ1) is 23.6. The van der Waals surface area contributed by atoms with Gasteiger partial charge in [-0.2, -0.15) is 0 Å². The summed E-state index contributed by atoms with van der Waals surface area (Å²) >= 11 is 7.54. The van der Waals surface area contributed by atoms with Crippen LogP contribution in [0.4, 0.5) is 0 Å². The molecule has 0 saturated carbocycles. The van der Waals surface area contributed by atoms with Gasteiger partial charge in [-0.3, -0.25) is 0 Å². The largest absolute Gasteiger partial charge is 0.344 e. The molecule has 4 aromatic carbocycles. The van der Waals surface area contributed by atoms with Crippen LogP contribution in [0, 0.1) is 0 Å². The molecule has 0 amide bonds. The molecule has 10 rings (SSSR count). The third kappa shape index (κ3) is 4.41. The number of aromatic nitrogens is 2. The number of fused-ring (bicyclic) bond motifs is 6. The average Bonchev–Trinajstić information content (AvgIpc) is 3.98. The highest BCUT2D eigenvalue weighted by molar-refractivity contribution is 7.29. The quantitative estimate of drug-likeness (QED) is 0.170. The van der Waals surface area contributed by atoms with Crippen molar-refractivity contribution in [3.63, 3.8) is 0 Å². The zero-order chi connectivity index (χ0) is 31.9. The van der Waals surface area contributed by atoms with Crippen LogP contribution in [0.5, 0.6) is 0 Å². The summed E-state index contributed by atoms with van der Waals surface area (Å²) in [6.07, 6.45) is 0. The molecule has 230 valence electrons. The zero-order valence-corrected chi connectivity index (χ0v) is 29.5. The van der Waals surface area contributed by atoms with Gasteiger partial charge in [-0.1, -0.05) is 48.5 Å². The van der Waals surface area contributed by atoms with Gasteiger partial charge in [-0.25, -0.2) is 0 Å². The van der Waals surface area contributed by atoms with Crippen LogP contribution in [0.3, 0.4) is 0 Å². The van der Waals surface area contributed by atoms with E-state index in [4.69, 9.17) is 0 Å². The van der Waals surface area contributed by atoms with E-state index in [0.717, 1.165) is 0 Å². The molecule has 0 N–H and O–H groups in total. The van der Waals surface area contributed by atoms with E-state index >= 15 is 0 Å². The minimum atomic E-state index is 1.27. The van der Waals surface area contributed by atoms with Crippen LogP contribution in [-0.2, 0) is 14.1 Å². The summed E-state index contributed by atoms with van der Waals surface area (Å²) < 4.78 is 4.59. The van der Waals surface area contributed by atoms with Gasteiger partial charge in [0.2, 0.25) is 0 Å². The van der Waals surface area contributed by atoms with E-state index in [1.54, 1.807) is 0 Å². The second-order valence-corrected chi connectivity index (χ2v) is 16.6. The Morgan fingerprint density at radius 1 is 0.312 bits per heavy atom. The fourth-order valence-corrected chi connectivity index (χ4v) is 11.4. The average molecular weight is 689 g/mol. The number of aryl methyl sites for hydroxylation is 2. The molecule has 2 nitrogen and oxygen atoms in total. The summed E-state index contributed by atoms with van der Waals surface area (Å²) in [4.78, 5) is 10.6. The minimum Gasteiger partial charge on any atom is -0.344 e. The van der Waals surface area contributed by atoms with Gasteiger partial charge in [0.1, 0.15) is 0 Å². The van der Waals surface area contributed by atoms with E-state index in [2.05, 4.69) is 157 Å². The Balaban J connectivity index is 0.915. The molecule has 6 aromatic heterocycles. The summed E-state index contributed by atoms with van der Waals surface area (Å²) in [5, 5.41) is 5.26. The lowest BCUT2D eigenvalue weighted by Gasteiger charge is -2.00. The van der Waals surface area contributed by atoms with Crippen molar-refractivity contribution in [3.05, 3.63) is 133 Å². The summed E-state index contributed by atoms with van der Waals surface area (Å²) in [6.45, 7) is 0. The Bertz CT molecular complexity index is 2630. The van der Waals surface area contributed by atoms with Crippen LogP contribution < -0.4 is 0 Å². The summed E-state index contributed by atoms with van der Waals surface area (Å²) in [5.41, 5.74) is 7.66. The van der Waals surface area contributed by atoms with E-state index in [1.165, 1.54) is 93.8 Å². The number of nitrogens with zero attached hydrogens (tertiary/aromatic N) is 2. The van der Waals surface area contributed by atoms with E-state index in [0.29, 0.717) is 0 Å². The summed E-state index contributed by atoms with van der Waals surface area (Å²) in [6, 6.07) is 49.4. The molecule has 10 aromatic rings. The molecule has 0 radical (unpaired) electrons. The highest BCUT2D eigenvalue weighted by Gasteiger charge is 2.15. The topological polar surface area (TPSA) is 9.86 Å². The van der Waals surface area contributed by atoms with Crippen LogP contribution in [0.2, 0.25) is 0 Å². The molecule has 0 aliphatic carbocycles. The molecule has 0 unspecified atom stereocenters. The van der Waals surface area contributed by atoms with E-state index in [9.17, 15) is 0 Å². The van der Waals surface area contributed by atoms with Gasteiger partial charge < -0.3 is 9.13 Å². The lowest BCUT2D eigenvalue weighted by molar-refractivity contribution is 1.01. The van der Waals surface area contributed by atoms with Crippen molar-refractivity contribution in [3.8, 4) is 50.1 Å². The molecule has 0 bridgehead atoms. The standard InChI is InChI=1S/C42H28N2S4/c1-43-31-9-5-3-7-27(31)29-23-25(11-13-33(29)43)35-15-17-37(45-35)39-19-21-41(47-39)42-22-20-40(48-42)38-18-16-36(46-38)26-12-14-34-30(24-26)28-8-4-6-10-32(28)44(34)2/h3-24H,1-2H3. The van der Waals surface area contributed by atoms with Gasteiger partial charge in [0.25, 0.3) is 0 Å². The third-order valence-corrected chi connectivity index (χ3v) is 14.6. The predicted molar refractivity (Wildman–Crippen MR) is 213 cm³/mol. The molecule has 0 spiro atoms. The Kier molecular flexibility index (Phi) is 6.43. The molecule has 0 atom stereocenters. The molecule has 0 aliphatic rings. The first kappa shape index (κ1) is 28.3. The minimum absolute atomic E-state index is 1.27. The second kappa shape index (κ2) is 10.9. The van der Waals surface area contributed by atoms with E-state index in [1.807, 2.05) is 45.3 Å². The van der Waals surface area contributed by atoms with Gasteiger partial charge in [0, 0.05) is 96.7 Å². The maximum absolute atomic E-state index is 2.36. The van der Waals surface area contributed by atoms with Gasteiger partial charge in [-0.05, 0) is 96.1 Å². The Hall–Kier alpha value is -4.72. The van der Waals surface area contributed by atoms with Crippen LogP contribution in [0.1, 0.15) is 0 Å². The number of rotatable bonds is 5. The lowest BCUT2D eigenvalue weighted by Crippen LogP contribution is -1.85. The maximum atomic E-state index is 2.36. The zero-order valence-electron chi connectivity index (χ0n) is 26.2. The number of hydrogen-bond acceptors (Lipinski definition) is 4. The SMILES string of the molecule is Cn1c2ccccc2c2cc(-c3ccc(-c4ccc(-c5ccc(-c6ccc(-c7ccc8c(c7)c7ccccc7n8C)s6)s5)s4)s3)ccc21. The van der Waals surface area contributed by atoms with Crippen molar-refractivity contribution < 1.29 is 0 Å². The smallest absolute Gasteiger partial charge is 0.0489 e. The van der Waals surface area contributed by atoms with E-state index in [-0.39, 0.29) is 0 Å². The maximum Gasteiger partial charge on any atom is 0.0489 e. The van der Waals surface area contributed by atoms with Crippen molar-refractivity contribution in [1.82, 2.24) is 9.13 Å². The monoisotopic (exact) mass is 688 g/mol. The van der Waals surface area contributed by atoms with Crippen molar-refractivity contribution in [1.29, 1.82) is 0 Å². The molecule has 6 heterocycles. The third-order valence-electron chi connectivity index (χ3n) is 9.55. The normalized spacial score (nSPS) is 12.0. The van der Waals surface area contributed by atoms with Crippen molar-refractivity contribution in [2.45, 2.75) is 0 Å². The molecule has 0 aliphatic heterocycles. The van der Waals surface area contributed by atoms with Crippen LogP contribution in [0.15, 0.2) is 133 Å². The lowest BCUT2D eigenvalue weighted by atomic mass is 10.1. The molecular weight excluding hydrogens is 661 g/mol.